The summed E-state index contributed by atoms with van der Waals surface area (Å²) in [5.41, 5.74) is 6.20. The van der Waals surface area contributed by atoms with Gasteiger partial charge in [-0.25, -0.2) is 4.79 Å². The van der Waals surface area contributed by atoms with Crippen molar-refractivity contribution in [2.75, 3.05) is 37.0 Å². The fourth-order valence-corrected chi connectivity index (χ4v) is 3.89. The van der Waals surface area contributed by atoms with Gasteiger partial charge < -0.3 is 10.6 Å². The SMILES string of the molecule is CSc1ccc(CN(C)CC(=O)N(CC(C)C)c2c(N)n(CC(C)C)c(=O)[nH]c2=O)cc1. The van der Waals surface area contributed by atoms with Gasteiger partial charge >= 0.3 is 5.69 Å². The molecule has 1 heterocycles. The number of aromatic nitrogens is 2. The first-order chi connectivity index (χ1) is 15.0. The smallest absolute Gasteiger partial charge is 0.330 e. The van der Waals surface area contributed by atoms with Gasteiger partial charge in [0.25, 0.3) is 5.56 Å². The van der Waals surface area contributed by atoms with E-state index in [1.165, 1.54) is 14.4 Å². The molecule has 0 aliphatic carbocycles. The van der Waals surface area contributed by atoms with Crippen molar-refractivity contribution < 1.29 is 4.79 Å². The van der Waals surface area contributed by atoms with Gasteiger partial charge in [0.1, 0.15) is 5.82 Å². The van der Waals surface area contributed by atoms with E-state index in [-0.39, 0.29) is 35.8 Å². The highest BCUT2D eigenvalue weighted by molar-refractivity contribution is 7.98. The monoisotopic (exact) mass is 461 g/mol. The molecule has 0 unspecified atom stereocenters. The van der Waals surface area contributed by atoms with Crippen molar-refractivity contribution >= 4 is 29.2 Å². The van der Waals surface area contributed by atoms with Crippen LogP contribution >= 0.6 is 11.8 Å². The van der Waals surface area contributed by atoms with E-state index in [0.29, 0.717) is 19.6 Å². The van der Waals surface area contributed by atoms with Crippen molar-refractivity contribution in [2.45, 2.75) is 45.7 Å². The molecule has 2 rings (SSSR count). The Kier molecular flexibility index (Phi) is 9.15. The molecule has 1 aromatic heterocycles. The third-order valence-electron chi connectivity index (χ3n) is 4.90. The number of thioether (sulfide) groups is 1. The molecule has 1 amide bonds. The standard InChI is InChI=1S/C23H35N5O3S/c1-15(2)11-27(20-21(24)28(12-16(3)4)23(31)25-22(20)30)19(29)14-26(5)13-17-7-9-18(32-6)10-8-17/h7-10,15-16H,11-14,24H2,1-6H3,(H,25,30,31). The van der Waals surface area contributed by atoms with E-state index in [2.05, 4.69) is 17.1 Å². The van der Waals surface area contributed by atoms with Crippen LogP contribution in [0, 0.1) is 11.8 Å². The number of nitrogens with zero attached hydrogens (tertiary/aromatic N) is 3. The molecule has 0 radical (unpaired) electrons. The van der Waals surface area contributed by atoms with Gasteiger partial charge in [0.15, 0.2) is 5.69 Å². The Morgan fingerprint density at radius 1 is 1.12 bits per heavy atom. The average Bonchev–Trinajstić information content (AvgIpc) is 2.70. The summed E-state index contributed by atoms with van der Waals surface area (Å²) in [6.07, 6.45) is 2.03. The molecule has 176 valence electrons. The number of nitrogens with two attached hydrogens (primary N) is 1. The molecule has 0 saturated carbocycles. The number of anilines is 2. The molecule has 8 nitrogen and oxygen atoms in total. The van der Waals surface area contributed by atoms with Crippen molar-refractivity contribution in [3.05, 3.63) is 50.7 Å². The normalized spacial score (nSPS) is 11.5. The van der Waals surface area contributed by atoms with Gasteiger partial charge in [-0.1, -0.05) is 39.8 Å². The number of likely N-dealkylation sites (N-methyl/N-ethyl adjacent to an activating group) is 1. The fourth-order valence-electron chi connectivity index (χ4n) is 3.48. The number of benzene rings is 1. The summed E-state index contributed by atoms with van der Waals surface area (Å²) in [7, 11) is 1.86. The van der Waals surface area contributed by atoms with Crippen LogP contribution in [-0.4, -0.2) is 46.8 Å². The molecule has 0 bridgehead atoms. The van der Waals surface area contributed by atoms with Crippen molar-refractivity contribution in [1.82, 2.24) is 14.5 Å². The predicted octanol–water partition coefficient (Wildman–Crippen LogP) is 2.62. The summed E-state index contributed by atoms with van der Waals surface area (Å²) in [4.78, 5) is 45.1. The molecular formula is C23H35N5O3S. The molecule has 0 aliphatic rings. The number of H-pyrrole nitrogens is 1. The Morgan fingerprint density at radius 2 is 1.75 bits per heavy atom. The summed E-state index contributed by atoms with van der Waals surface area (Å²) >= 11 is 1.68. The van der Waals surface area contributed by atoms with E-state index in [0.717, 1.165) is 5.56 Å². The van der Waals surface area contributed by atoms with E-state index < -0.39 is 11.2 Å². The minimum atomic E-state index is -0.642. The number of nitrogen functional groups attached to an aromatic ring is 1. The molecule has 0 saturated heterocycles. The van der Waals surface area contributed by atoms with Gasteiger partial charge in [-0.3, -0.25) is 24.0 Å². The second-order valence-corrected chi connectivity index (χ2v) is 9.80. The third-order valence-corrected chi connectivity index (χ3v) is 5.64. The number of hydrogen-bond acceptors (Lipinski definition) is 6. The van der Waals surface area contributed by atoms with Crippen molar-refractivity contribution in [1.29, 1.82) is 0 Å². The third kappa shape index (κ3) is 6.74. The lowest BCUT2D eigenvalue weighted by Crippen LogP contribution is -2.46. The molecule has 3 N–H and O–H groups in total. The number of nitrogens with one attached hydrogen (secondary N) is 1. The zero-order valence-electron chi connectivity index (χ0n) is 19.8. The fraction of sp³-hybridized carbons (Fsp3) is 0.522. The van der Waals surface area contributed by atoms with Crippen LogP contribution in [-0.2, 0) is 17.9 Å². The highest BCUT2D eigenvalue weighted by Gasteiger charge is 2.26. The molecular weight excluding hydrogens is 426 g/mol. The summed E-state index contributed by atoms with van der Waals surface area (Å²) in [6, 6.07) is 8.20. The number of hydrogen-bond donors (Lipinski definition) is 2. The van der Waals surface area contributed by atoms with Crippen LogP contribution in [0.1, 0.15) is 33.3 Å². The quantitative estimate of drug-likeness (QED) is 0.527. The lowest BCUT2D eigenvalue weighted by Gasteiger charge is -2.28. The van der Waals surface area contributed by atoms with E-state index >= 15 is 0 Å². The largest absolute Gasteiger partial charge is 0.383 e. The number of amides is 1. The van der Waals surface area contributed by atoms with Crippen LogP contribution in [0.3, 0.4) is 0 Å². The maximum absolute atomic E-state index is 13.3. The molecule has 0 spiro atoms. The number of carbonyl (C=O) groups is 1. The van der Waals surface area contributed by atoms with E-state index in [4.69, 9.17) is 5.73 Å². The molecule has 9 heteroatoms. The van der Waals surface area contributed by atoms with Gasteiger partial charge in [-0.05, 0) is 42.8 Å². The topological polar surface area (TPSA) is 104 Å². The highest BCUT2D eigenvalue weighted by Crippen LogP contribution is 2.20. The first-order valence-corrected chi connectivity index (χ1v) is 12.0. The minimum absolute atomic E-state index is 0.0248. The molecule has 2 aromatic rings. The first kappa shape index (κ1) is 25.7. The van der Waals surface area contributed by atoms with Crippen molar-refractivity contribution in [2.24, 2.45) is 11.8 Å². The number of rotatable bonds is 10. The van der Waals surface area contributed by atoms with Crippen molar-refractivity contribution in [3.63, 3.8) is 0 Å². The Bertz CT molecular complexity index is 1030. The van der Waals surface area contributed by atoms with Crippen LogP contribution in [0.2, 0.25) is 0 Å². The minimum Gasteiger partial charge on any atom is -0.383 e. The van der Waals surface area contributed by atoms with E-state index in [1.54, 1.807) is 11.8 Å². The van der Waals surface area contributed by atoms with Gasteiger partial charge in [0.2, 0.25) is 5.91 Å². The van der Waals surface area contributed by atoms with Crippen molar-refractivity contribution in [3.8, 4) is 0 Å². The Morgan fingerprint density at radius 3 is 2.28 bits per heavy atom. The van der Waals surface area contributed by atoms with Crippen LogP contribution in [0.4, 0.5) is 11.5 Å². The maximum atomic E-state index is 13.3. The van der Waals surface area contributed by atoms with Gasteiger partial charge in [-0.15, -0.1) is 11.8 Å². The second-order valence-electron chi connectivity index (χ2n) is 8.92. The van der Waals surface area contributed by atoms with Crippen LogP contribution in [0.5, 0.6) is 0 Å². The van der Waals surface area contributed by atoms with Crippen LogP contribution in [0.15, 0.2) is 38.8 Å². The first-order valence-electron chi connectivity index (χ1n) is 10.8. The Labute approximate surface area is 193 Å². The Hall–Kier alpha value is -2.52. The van der Waals surface area contributed by atoms with E-state index in [1.807, 2.05) is 58.0 Å². The maximum Gasteiger partial charge on any atom is 0.330 e. The molecule has 0 aliphatic heterocycles. The summed E-state index contributed by atoms with van der Waals surface area (Å²) < 4.78 is 1.33. The van der Waals surface area contributed by atoms with E-state index in [9.17, 15) is 14.4 Å². The molecule has 32 heavy (non-hydrogen) atoms. The highest BCUT2D eigenvalue weighted by atomic mass is 32.2. The average molecular weight is 462 g/mol. The Balaban J connectivity index is 2.31. The van der Waals surface area contributed by atoms with Crippen LogP contribution in [0.25, 0.3) is 0 Å². The molecule has 1 aromatic carbocycles. The lowest BCUT2D eigenvalue weighted by atomic mass is 10.2. The summed E-state index contributed by atoms with van der Waals surface area (Å²) in [5.74, 6) is 0.0323. The van der Waals surface area contributed by atoms with Gasteiger partial charge in [0.05, 0.1) is 6.54 Å². The summed E-state index contributed by atoms with van der Waals surface area (Å²) in [5, 5.41) is 0. The number of carbonyl (C=O) groups excluding carboxylic acids is 1. The summed E-state index contributed by atoms with van der Waals surface area (Å²) in [6.45, 7) is 9.21. The van der Waals surface area contributed by atoms with Gasteiger partial charge in [-0.2, -0.15) is 0 Å². The lowest BCUT2D eigenvalue weighted by molar-refractivity contribution is -0.119. The predicted molar refractivity (Wildman–Crippen MR) is 132 cm³/mol. The van der Waals surface area contributed by atoms with Gasteiger partial charge in [0, 0.05) is 24.5 Å². The zero-order valence-corrected chi connectivity index (χ0v) is 20.7. The second kappa shape index (κ2) is 11.4. The molecule has 0 fully saturated rings. The number of aromatic amines is 1. The van der Waals surface area contributed by atoms with Crippen LogP contribution < -0.4 is 21.9 Å². The molecule has 0 atom stereocenters. The zero-order chi connectivity index (χ0) is 24.0.